The van der Waals surface area contributed by atoms with Crippen molar-refractivity contribution in [2.24, 2.45) is 0 Å². The fourth-order valence-corrected chi connectivity index (χ4v) is 3.36. The number of carboxylic acids is 1. The number of halogens is 3. The number of anilines is 3. The van der Waals surface area contributed by atoms with Gasteiger partial charge in [-0.15, -0.1) is 0 Å². The van der Waals surface area contributed by atoms with Crippen LogP contribution in [0.5, 0.6) is 11.5 Å². The SMILES string of the molecule is O=C(O)c1cc(Nc2ccc(F)c(F)c2)cc(Oc2ccc(NC(=O)c3cccc(Cl)c3)cc2)c1. The third-order valence-corrected chi connectivity index (χ3v) is 5.03. The molecule has 0 spiro atoms. The smallest absolute Gasteiger partial charge is 0.335 e. The lowest BCUT2D eigenvalue weighted by molar-refractivity contribution is 0.0696. The van der Waals surface area contributed by atoms with Gasteiger partial charge in [-0.2, -0.15) is 0 Å². The molecule has 0 radical (unpaired) electrons. The average Bonchev–Trinajstić information content (AvgIpc) is 2.82. The van der Waals surface area contributed by atoms with E-state index in [2.05, 4.69) is 10.6 Å². The third-order valence-electron chi connectivity index (χ3n) is 4.80. The summed E-state index contributed by atoms with van der Waals surface area (Å²) in [6, 6.07) is 20.4. The van der Waals surface area contributed by atoms with E-state index >= 15 is 0 Å². The summed E-state index contributed by atoms with van der Waals surface area (Å²) in [4.78, 5) is 23.9. The van der Waals surface area contributed by atoms with Gasteiger partial charge in [0.25, 0.3) is 5.91 Å². The maximum Gasteiger partial charge on any atom is 0.335 e. The second-order valence-corrected chi connectivity index (χ2v) is 7.83. The molecule has 6 nitrogen and oxygen atoms in total. The van der Waals surface area contributed by atoms with Gasteiger partial charge in [-0.25, -0.2) is 13.6 Å². The lowest BCUT2D eigenvalue weighted by atomic mass is 10.1. The van der Waals surface area contributed by atoms with Crippen LogP contribution in [-0.4, -0.2) is 17.0 Å². The van der Waals surface area contributed by atoms with E-state index in [-0.39, 0.29) is 22.9 Å². The summed E-state index contributed by atoms with van der Waals surface area (Å²) in [6.07, 6.45) is 0. The average molecular weight is 495 g/mol. The van der Waals surface area contributed by atoms with Crippen molar-refractivity contribution in [2.75, 3.05) is 10.6 Å². The highest BCUT2D eigenvalue weighted by Crippen LogP contribution is 2.29. The highest BCUT2D eigenvalue weighted by atomic mass is 35.5. The summed E-state index contributed by atoms with van der Waals surface area (Å²) < 4.78 is 32.5. The molecule has 0 aliphatic rings. The molecule has 35 heavy (non-hydrogen) atoms. The number of benzene rings is 4. The third kappa shape index (κ3) is 6.13. The molecule has 0 unspecified atom stereocenters. The van der Waals surface area contributed by atoms with Gasteiger partial charge in [-0.3, -0.25) is 4.79 Å². The lowest BCUT2D eigenvalue weighted by Crippen LogP contribution is -2.11. The molecule has 4 aromatic carbocycles. The van der Waals surface area contributed by atoms with Crippen molar-refractivity contribution < 1.29 is 28.2 Å². The molecule has 0 aliphatic carbocycles. The van der Waals surface area contributed by atoms with Crippen molar-refractivity contribution in [3.05, 3.63) is 113 Å². The Kier molecular flexibility index (Phi) is 6.93. The number of carboxylic acid groups (broad SMARTS) is 1. The minimum Gasteiger partial charge on any atom is -0.478 e. The summed E-state index contributed by atoms with van der Waals surface area (Å²) in [6.45, 7) is 0. The second kappa shape index (κ2) is 10.2. The van der Waals surface area contributed by atoms with Crippen molar-refractivity contribution in [3.8, 4) is 11.5 Å². The zero-order valence-electron chi connectivity index (χ0n) is 17.9. The highest BCUT2D eigenvalue weighted by molar-refractivity contribution is 6.31. The Labute approximate surface area is 203 Å². The molecule has 0 bridgehead atoms. The first-order valence-electron chi connectivity index (χ1n) is 10.2. The number of rotatable bonds is 7. The second-order valence-electron chi connectivity index (χ2n) is 7.40. The summed E-state index contributed by atoms with van der Waals surface area (Å²) in [7, 11) is 0. The predicted octanol–water partition coefficient (Wildman–Crippen LogP) is 7.10. The topological polar surface area (TPSA) is 87.7 Å². The summed E-state index contributed by atoms with van der Waals surface area (Å²) >= 11 is 5.92. The van der Waals surface area contributed by atoms with Gasteiger partial charge in [0.05, 0.1) is 5.56 Å². The van der Waals surface area contributed by atoms with Crippen LogP contribution in [0.25, 0.3) is 0 Å². The minimum absolute atomic E-state index is 0.0713. The van der Waals surface area contributed by atoms with Gasteiger partial charge >= 0.3 is 5.97 Å². The van der Waals surface area contributed by atoms with E-state index in [1.807, 2.05) is 0 Å². The van der Waals surface area contributed by atoms with Crippen molar-refractivity contribution in [3.63, 3.8) is 0 Å². The number of nitrogens with one attached hydrogen (secondary N) is 2. The molecular weight excluding hydrogens is 478 g/mol. The van der Waals surface area contributed by atoms with Gasteiger partial charge in [-0.05, 0) is 66.7 Å². The predicted molar refractivity (Wildman–Crippen MR) is 129 cm³/mol. The number of hydrogen-bond donors (Lipinski definition) is 3. The molecule has 0 aliphatic heterocycles. The van der Waals surface area contributed by atoms with Crippen molar-refractivity contribution in [1.82, 2.24) is 0 Å². The Balaban J connectivity index is 1.50. The summed E-state index contributed by atoms with van der Waals surface area (Å²) in [5.41, 5.74) is 1.39. The number of aromatic carboxylic acids is 1. The molecule has 0 aromatic heterocycles. The van der Waals surface area contributed by atoms with E-state index < -0.39 is 17.6 Å². The van der Waals surface area contributed by atoms with Crippen molar-refractivity contribution in [1.29, 1.82) is 0 Å². The Hall–Kier alpha value is -4.43. The Bertz CT molecular complexity index is 1410. The Morgan fingerprint density at radius 2 is 1.49 bits per heavy atom. The Morgan fingerprint density at radius 1 is 0.743 bits per heavy atom. The fraction of sp³-hybridized carbons (Fsp3) is 0. The molecule has 0 atom stereocenters. The normalized spacial score (nSPS) is 10.5. The zero-order chi connectivity index (χ0) is 24.9. The van der Waals surface area contributed by atoms with E-state index in [0.29, 0.717) is 27.7 Å². The quantitative estimate of drug-likeness (QED) is 0.255. The summed E-state index contributed by atoms with van der Waals surface area (Å²) in [5, 5.41) is 15.5. The molecule has 0 saturated carbocycles. The van der Waals surface area contributed by atoms with E-state index in [1.54, 1.807) is 48.5 Å². The molecule has 4 aromatic rings. The van der Waals surface area contributed by atoms with Crippen molar-refractivity contribution >= 4 is 40.5 Å². The molecule has 3 N–H and O–H groups in total. The molecule has 1 amide bonds. The van der Waals surface area contributed by atoms with Crippen LogP contribution in [0, 0.1) is 11.6 Å². The van der Waals surface area contributed by atoms with Crippen LogP contribution in [0.4, 0.5) is 25.8 Å². The maximum absolute atomic E-state index is 13.5. The van der Waals surface area contributed by atoms with Gasteiger partial charge in [-0.1, -0.05) is 17.7 Å². The first kappa shape index (κ1) is 23.7. The number of amides is 1. The standard InChI is InChI=1S/C26H17ClF2N2O4/c27-17-3-1-2-15(10-17)25(32)31-18-4-7-21(8-5-18)35-22-12-16(26(33)34)11-20(13-22)30-19-6-9-23(28)24(29)14-19/h1-14,30H,(H,31,32)(H,33,34). The van der Waals surface area contributed by atoms with Crippen LogP contribution in [0.15, 0.2) is 84.9 Å². The molecule has 0 fully saturated rings. The number of hydrogen-bond acceptors (Lipinski definition) is 4. The fourth-order valence-electron chi connectivity index (χ4n) is 3.17. The maximum atomic E-state index is 13.5. The number of carbonyl (C=O) groups excluding carboxylic acids is 1. The molecular formula is C26H17ClF2N2O4. The zero-order valence-corrected chi connectivity index (χ0v) is 18.6. The van der Waals surface area contributed by atoms with Crippen LogP contribution < -0.4 is 15.4 Å². The molecule has 0 heterocycles. The largest absolute Gasteiger partial charge is 0.478 e. The van der Waals surface area contributed by atoms with Gasteiger partial charge in [0, 0.05) is 39.8 Å². The number of ether oxygens (including phenoxy) is 1. The van der Waals surface area contributed by atoms with E-state index in [9.17, 15) is 23.5 Å². The molecule has 4 rings (SSSR count). The highest BCUT2D eigenvalue weighted by Gasteiger charge is 2.11. The van der Waals surface area contributed by atoms with Gasteiger partial charge in [0.1, 0.15) is 11.5 Å². The minimum atomic E-state index is -1.19. The summed E-state index contributed by atoms with van der Waals surface area (Å²) in [5.74, 6) is -2.97. The van der Waals surface area contributed by atoms with E-state index in [4.69, 9.17) is 16.3 Å². The Morgan fingerprint density at radius 3 is 2.17 bits per heavy atom. The van der Waals surface area contributed by atoms with Crippen LogP contribution in [-0.2, 0) is 0 Å². The first-order valence-corrected chi connectivity index (χ1v) is 10.6. The number of carbonyl (C=O) groups is 2. The van der Waals surface area contributed by atoms with Gasteiger partial charge < -0.3 is 20.5 Å². The van der Waals surface area contributed by atoms with Crippen LogP contribution in [0.1, 0.15) is 20.7 Å². The van der Waals surface area contributed by atoms with Crippen LogP contribution in [0.2, 0.25) is 5.02 Å². The molecule has 0 saturated heterocycles. The van der Waals surface area contributed by atoms with Crippen LogP contribution in [0.3, 0.4) is 0 Å². The molecule has 9 heteroatoms. The lowest BCUT2D eigenvalue weighted by Gasteiger charge is -2.12. The van der Waals surface area contributed by atoms with Gasteiger partial charge in [0.15, 0.2) is 11.6 Å². The van der Waals surface area contributed by atoms with Crippen molar-refractivity contribution in [2.45, 2.75) is 0 Å². The monoisotopic (exact) mass is 494 g/mol. The molecule has 176 valence electrons. The van der Waals surface area contributed by atoms with E-state index in [0.717, 1.165) is 12.1 Å². The first-order chi connectivity index (χ1) is 16.8. The van der Waals surface area contributed by atoms with Crippen LogP contribution >= 0.6 is 11.6 Å². The van der Waals surface area contributed by atoms with E-state index in [1.165, 1.54) is 24.3 Å². The van der Waals surface area contributed by atoms with Gasteiger partial charge in [0.2, 0.25) is 0 Å².